The molecule has 0 bridgehead atoms. The molecular weight excluding hydrogens is 351 g/mol. The van der Waals surface area contributed by atoms with Crippen LogP contribution in [0.4, 0.5) is 4.39 Å². The number of carbonyl (C=O) groups excluding carboxylic acids is 1. The number of halogens is 1. The number of aryl methyl sites for hydroxylation is 2. The predicted octanol–water partition coefficient (Wildman–Crippen LogP) is 4.92. The van der Waals surface area contributed by atoms with Gasteiger partial charge in [-0.2, -0.15) is 0 Å². The van der Waals surface area contributed by atoms with Crippen molar-refractivity contribution >= 4 is 5.91 Å². The Bertz CT molecular complexity index is 803. The normalized spacial score (nSPS) is 18.6. The van der Waals surface area contributed by atoms with Crippen molar-refractivity contribution < 1.29 is 9.18 Å². The monoisotopic (exact) mass is 382 g/mol. The van der Waals surface area contributed by atoms with E-state index < -0.39 is 0 Å². The van der Waals surface area contributed by atoms with Crippen molar-refractivity contribution in [2.24, 2.45) is 5.92 Å². The molecule has 1 aliphatic rings. The summed E-state index contributed by atoms with van der Waals surface area (Å²) >= 11 is 0. The van der Waals surface area contributed by atoms with Crippen LogP contribution < -0.4 is 5.32 Å². The number of likely N-dealkylation sites (tertiary alicyclic amines) is 1. The summed E-state index contributed by atoms with van der Waals surface area (Å²) in [4.78, 5) is 15.3. The quantitative estimate of drug-likeness (QED) is 0.769. The van der Waals surface area contributed by atoms with E-state index in [4.69, 9.17) is 0 Å². The van der Waals surface area contributed by atoms with Gasteiger partial charge in [0.1, 0.15) is 5.82 Å². The van der Waals surface area contributed by atoms with Crippen LogP contribution in [-0.2, 0) is 11.3 Å². The van der Waals surface area contributed by atoms with Crippen LogP contribution in [0, 0.1) is 25.6 Å². The van der Waals surface area contributed by atoms with Gasteiger partial charge >= 0.3 is 0 Å². The summed E-state index contributed by atoms with van der Waals surface area (Å²) in [6.45, 7) is 8.82. The molecule has 0 aliphatic carbocycles. The van der Waals surface area contributed by atoms with E-state index in [1.54, 1.807) is 0 Å². The Kier molecular flexibility index (Phi) is 6.84. The van der Waals surface area contributed by atoms with E-state index in [0.29, 0.717) is 0 Å². The van der Waals surface area contributed by atoms with E-state index in [-0.39, 0.29) is 23.7 Å². The second-order valence-electron chi connectivity index (χ2n) is 8.03. The molecule has 0 spiro atoms. The highest BCUT2D eigenvalue weighted by Gasteiger charge is 2.27. The molecule has 0 saturated carbocycles. The third kappa shape index (κ3) is 5.20. The fourth-order valence-corrected chi connectivity index (χ4v) is 4.17. The molecule has 1 N–H and O–H groups in total. The maximum atomic E-state index is 13.1. The standard InChI is InChI=1S/C24H31FN2O/c1-4-23(22-12-7-17(2)14-18(22)3)26-24(28)20-6-5-13-27(16-20)15-19-8-10-21(25)11-9-19/h7-12,14,20,23H,4-6,13,15-16H2,1-3H3,(H,26,28). The lowest BCUT2D eigenvalue weighted by Gasteiger charge is -2.33. The van der Waals surface area contributed by atoms with E-state index in [0.717, 1.165) is 44.5 Å². The van der Waals surface area contributed by atoms with Gasteiger partial charge in [-0.05, 0) is 68.5 Å². The molecule has 2 aromatic rings. The van der Waals surface area contributed by atoms with E-state index >= 15 is 0 Å². The number of piperidine rings is 1. The first-order valence-electron chi connectivity index (χ1n) is 10.3. The largest absolute Gasteiger partial charge is 0.349 e. The first kappa shape index (κ1) is 20.5. The molecular formula is C24H31FN2O. The molecule has 4 heteroatoms. The van der Waals surface area contributed by atoms with Gasteiger partial charge in [-0.25, -0.2) is 4.39 Å². The zero-order valence-electron chi connectivity index (χ0n) is 17.2. The van der Waals surface area contributed by atoms with Gasteiger partial charge in [-0.3, -0.25) is 9.69 Å². The van der Waals surface area contributed by atoms with Crippen molar-refractivity contribution in [1.82, 2.24) is 10.2 Å². The van der Waals surface area contributed by atoms with Crippen LogP contribution in [-0.4, -0.2) is 23.9 Å². The Hall–Kier alpha value is -2.20. The molecule has 3 nitrogen and oxygen atoms in total. The first-order valence-corrected chi connectivity index (χ1v) is 10.3. The molecule has 3 rings (SSSR count). The Morgan fingerprint density at radius 3 is 2.64 bits per heavy atom. The Morgan fingerprint density at radius 1 is 1.21 bits per heavy atom. The zero-order chi connectivity index (χ0) is 20.1. The third-order valence-corrected chi connectivity index (χ3v) is 5.72. The summed E-state index contributed by atoms with van der Waals surface area (Å²) in [5.41, 5.74) is 4.77. The summed E-state index contributed by atoms with van der Waals surface area (Å²) in [7, 11) is 0. The average Bonchev–Trinajstić information content (AvgIpc) is 2.68. The van der Waals surface area contributed by atoms with Crippen LogP contribution in [0.2, 0.25) is 0 Å². The van der Waals surface area contributed by atoms with Gasteiger partial charge in [0.2, 0.25) is 5.91 Å². The maximum absolute atomic E-state index is 13.1. The van der Waals surface area contributed by atoms with Crippen LogP contribution in [0.1, 0.15) is 54.5 Å². The first-order chi connectivity index (χ1) is 13.5. The second kappa shape index (κ2) is 9.33. The fraction of sp³-hybridized carbons (Fsp3) is 0.458. The van der Waals surface area contributed by atoms with Gasteiger partial charge in [-0.1, -0.05) is 42.8 Å². The topological polar surface area (TPSA) is 32.3 Å². The second-order valence-corrected chi connectivity index (χ2v) is 8.03. The van der Waals surface area contributed by atoms with Gasteiger partial charge < -0.3 is 5.32 Å². The van der Waals surface area contributed by atoms with Gasteiger partial charge in [-0.15, -0.1) is 0 Å². The van der Waals surface area contributed by atoms with E-state index in [1.165, 1.54) is 28.8 Å². The van der Waals surface area contributed by atoms with Crippen LogP contribution >= 0.6 is 0 Å². The molecule has 1 fully saturated rings. The highest BCUT2D eigenvalue weighted by molar-refractivity contribution is 5.79. The number of benzene rings is 2. The van der Waals surface area contributed by atoms with Crippen molar-refractivity contribution in [2.75, 3.05) is 13.1 Å². The SMILES string of the molecule is CCC(NC(=O)C1CCCN(Cc2ccc(F)cc2)C1)c1ccc(C)cc1C. The Labute approximate surface area is 167 Å². The lowest BCUT2D eigenvalue weighted by atomic mass is 9.94. The van der Waals surface area contributed by atoms with Gasteiger partial charge in [0.05, 0.1) is 12.0 Å². The van der Waals surface area contributed by atoms with Crippen molar-refractivity contribution in [2.45, 2.75) is 52.6 Å². The van der Waals surface area contributed by atoms with Gasteiger partial charge in [0, 0.05) is 13.1 Å². The maximum Gasteiger partial charge on any atom is 0.224 e. The van der Waals surface area contributed by atoms with Crippen molar-refractivity contribution in [3.63, 3.8) is 0 Å². The van der Waals surface area contributed by atoms with Crippen LogP contribution in [0.25, 0.3) is 0 Å². The van der Waals surface area contributed by atoms with E-state index in [1.807, 2.05) is 12.1 Å². The van der Waals surface area contributed by atoms with E-state index in [2.05, 4.69) is 49.2 Å². The minimum Gasteiger partial charge on any atom is -0.349 e. The number of carbonyl (C=O) groups is 1. The summed E-state index contributed by atoms with van der Waals surface area (Å²) in [5.74, 6) is -0.0544. The average molecular weight is 383 g/mol. The molecule has 1 saturated heterocycles. The highest BCUT2D eigenvalue weighted by Crippen LogP contribution is 2.24. The molecule has 2 unspecified atom stereocenters. The lowest BCUT2D eigenvalue weighted by molar-refractivity contribution is -0.127. The third-order valence-electron chi connectivity index (χ3n) is 5.72. The number of nitrogens with one attached hydrogen (secondary N) is 1. The zero-order valence-corrected chi connectivity index (χ0v) is 17.2. The minimum atomic E-state index is -0.211. The van der Waals surface area contributed by atoms with Crippen molar-refractivity contribution in [3.8, 4) is 0 Å². The molecule has 1 amide bonds. The predicted molar refractivity (Wildman–Crippen MR) is 111 cm³/mol. The molecule has 150 valence electrons. The molecule has 2 atom stereocenters. The summed E-state index contributed by atoms with van der Waals surface area (Å²) in [5, 5.41) is 3.29. The minimum absolute atomic E-state index is 0.00834. The summed E-state index contributed by atoms with van der Waals surface area (Å²) < 4.78 is 13.1. The summed E-state index contributed by atoms with van der Waals surface area (Å²) in [6, 6.07) is 13.1. The number of rotatable bonds is 6. The molecule has 0 aromatic heterocycles. The Morgan fingerprint density at radius 2 is 1.96 bits per heavy atom. The number of hydrogen-bond acceptors (Lipinski definition) is 2. The molecule has 1 aliphatic heterocycles. The fourth-order valence-electron chi connectivity index (χ4n) is 4.17. The van der Waals surface area contributed by atoms with Gasteiger partial charge in [0.25, 0.3) is 0 Å². The van der Waals surface area contributed by atoms with E-state index in [9.17, 15) is 9.18 Å². The van der Waals surface area contributed by atoms with Crippen molar-refractivity contribution in [3.05, 3.63) is 70.5 Å². The number of nitrogens with zero attached hydrogens (tertiary/aromatic N) is 1. The molecule has 2 aromatic carbocycles. The number of amides is 1. The van der Waals surface area contributed by atoms with Crippen molar-refractivity contribution in [1.29, 1.82) is 0 Å². The lowest BCUT2D eigenvalue weighted by Crippen LogP contribution is -2.43. The molecule has 0 radical (unpaired) electrons. The van der Waals surface area contributed by atoms with Crippen LogP contribution in [0.15, 0.2) is 42.5 Å². The highest BCUT2D eigenvalue weighted by atomic mass is 19.1. The molecule has 28 heavy (non-hydrogen) atoms. The van der Waals surface area contributed by atoms with Crippen LogP contribution in [0.3, 0.4) is 0 Å². The Balaban J connectivity index is 1.61. The smallest absolute Gasteiger partial charge is 0.224 e. The number of hydrogen-bond donors (Lipinski definition) is 1. The van der Waals surface area contributed by atoms with Gasteiger partial charge in [0.15, 0.2) is 0 Å². The molecule has 1 heterocycles. The van der Waals surface area contributed by atoms with Crippen LogP contribution in [0.5, 0.6) is 0 Å². The summed E-state index contributed by atoms with van der Waals surface area (Å²) in [6.07, 6.45) is 2.82.